The first-order valence-electron chi connectivity index (χ1n) is 8.14. The Balaban J connectivity index is 1.69. The molecule has 0 bridgehead atoms. The number of aromatic nitrogens is 1. The molecule has 0 spiro atoms. The van der Waals surface area contributed by atoms with Crippen LogP contribution in [0.2, 0.25) is 5.02 Å². The average molecular weight is 405 g/mol. The van der Waals surface area contributed by atoms with E-state index in [-0.39, 0.29) is 34.9 Å². The maximum Gasteiger partial charge on any atom is 0.294 e. The van der Waals surface area contributed by atoms with E-state index in [0.29, 0.717) is 0 Å². The fourth-order valence-electron chi connectivity index (χ4n) is 2.57. The fourth-order valence-corrected chi connectivity index (χ4v) is 3.82. The second-order valence-corrected chi connectivity index (χ2v) is 7.58. The highest BCUT2D eigenvalue weighted by Crippen LogP contribution is 2.30. The molecule has 2 aromatic carbocycles. The average Bonchev–Trinajstić information content (AvgIpc) is 3.06. The number of likely N-dealkylation sites (N-methyl/N-ethyl adjacent to an activating group) is 1. The number of nitro groups is 1. The van der Waals surface area contributed by atoms with E-state index in [4.69, 9.17) is 11.6 Å². The third-order valence-electron chi connectivity index (χ3n) is 4.15. The summed E-state index contributed by atoms with van der Waals surface area (Å²) >= 11 is 7.38. The van der Waals surface area contributed by atoms with Gasteiger partial charge in [-0.25, -0.2) is 4.98 Å². The SMILES string of the molecule is C[C@H](c1nc2ccccc2s1)N(C)CC(=O)Nc1ccc(Cl)cc1[N+](=O)[O-]. The molecule has 1 amide bonds. The Bertz CT molecular complexity index is 974. The molecule has 1 heterocycles. The molecule has 3 aromatic rings. The molecule has 0 saturated heterocycles. The number of amides is 1. The molecule has 7 nitrogen and oxygen atoms in total. The molecule has 0 aliphatic rings. The van der Waals surface area contributed by atoms with Crippen molar-refractivity contribution >= 4 is 50.4 Å². The molecular formula is C18H17ClN4O3S. The van der Waals surface area contributed by atoms with Gasteiger partial charge in [0.15, 0.2) is 0 Å². The Morgan fingerprint density at radius 1 is 1.37 bits per heavy atom. The Hall–Kier alpha value is -2.55. The van der Waals surface area contributed by atoms with Crippen molar-refractivity contribution in [3.05, 3.63) is 62.6 Å². The summed E-state index contributed by atoms with van der Waals surface area (Å²) in [5, 5.41) is 14.9. The normalized spacial score (nSPS) is 12.3. The Kier molecular flexibility index (Phi) is 5.69. The van der Waals surface area contributed by atoms with E-state index >= 15 is 0 Å². The van der Waals surface area contributed by atoms with E-state index in [0.717, 1.165) is 15.2 Å². The first kappa shape index (κ1) is 19.2. The minimum atomic E-state index is -0.574. The maximum absolute atomic E-state index is 12.4. The number of hydrogen-bond donors (Lipinski definition) is 1. The zero-order valence-electron chi connectivity index (χ0n) is 14.7. The van der Waals surface area contributed by atoms with Crippen molar-refractivity contribution in [1.29, 1.82) is 0 Å². The lowest BCUT2D eigenvalue weighted by atomic mass is 10.2. The lowest BCUT2D eigenvalue weighted by Gasteiger charge is -2.22. The molecule has 0 aliphatic heterocycles. The van der Waals surface area contributed by atoms with Crippen molar-refractivity contribution in [2.45, 2.75) is 13.0 Å². The molecule has 3 rings (SSSR count). The third kappa shape index (κ3) is 4.41. The second kappa shape index (κ2) is 7.99. The van der Waals surface area contributed by atoms with Crippen LogP contribution in [0, 0.1) is 10.1 Å². The number of nitro benzene ring substituents is 1. The lowest BCUT2D eigenvalue weighted by Crippen LogP contribution is -2.32. The van der Waals surface area contributed by atoms with Gasteiger partial charge in [0.2, 0.25) is 5.91 Å². The summed E-state index contributed by atoms with van der Waals surface area (Å²) in [6.45, 7) is 2.03. The van der Waals surface area contributed by atoms with Gasteiger partial charge < -0.3 is 5.32 Å². The summed E-state index contributed by atoms with van der Waals surface area (Å²) in [4.78, 5) is 29.4. The predicted octanol–water partition coefficient (Wildman–Crippen LogP) is 4.49. The predicted molar refractivity (Wildman–Crippen MR) is 107 cm³/mol. The fraction of sp³-hybridized carbons (Fsp3) is 0.222. The summed E-state index contributed by atoms with van der Waals surface area (Å²) in [6, 6.07) is 11.9. The number of carbonyl (C=O) groups is 1. The van der Waals surface area contributed by atoms with Gasteiger partial charge in [-0.1, -0.05) is 23.7 Å². The minimum absolute atomic E-state index is 0.0663. The number of anilines is 1. The smallest absolute Gasteiger partial charge is 0.294 e. The Morgan fingerprint density at radius 3 is 2.81 bits per heavy atom. The van der Waals surface area contributed by atoms with Gasteiger partial charge >= 0.3 is 0 Å². The van der Waals surface area contributed by atoms with E-state index in [1.165, 1.54) is 18.2 Å². The van der Waals surface area contributed by atoms with E-state index < -0.39 is 4.92 Å². The van der Waals surface area contributed by atoms with Crippen LogP contribution >= 0.6 is 22.9 Å². The number of rotatable bonds is 6. The van der Waals surface area contributed by atoms with Crippen molar-refractivity contribution in [3.8, 4) is 0 Å². The van der Waals surface area contributed by atoms with Gasteiger partial charge in [-0.2, -0.15) is 0 Å². The van der Waals surface area contributed by atoms with Crippen LogP contribution in [0.1, 0.15) is 18.0 Å². The van der Waals surface area contributed by atoms with E-state index in [1.54, 1.807) is 11.3 Å². The lowest BCUT2D eigenvalue weighted by molar-refractivity contribution is -0.383. The Labute approximate surface area is 164 Å². The summed E-state index contributed by atoms with van der Waals surface area (Å²) < 4.78 is 1.09. The molecule has 27 heavy (non-hydrogen) atoms. The molecular weight excluding hydrogens is 388 g/mol. The quantitative estimate of drug-likeness (QED) is 0.483. The van der Waals surface area contributed by atoms with E-state index in [1.807, 2.05) is 43.1 Å². The number of halogens is 1. The molecule has 1 N–H and O–H groups in total. The summed E-state index contributed by atoms with van der Waals surface area (Å²) in [5.41, 5.74) is 0.812. The van der Waals surface area contributed by atoms with Gasteiger partial charge in [0.1, 0.15) is 10.7 Å². The molecule has 0 saturated carbocycles. The molecule has 140 valence electrons. The molecule has 0 fully saturated rings. The molecule has 9 heteroatoms. The zero-order chi connectivity index (χ0) is 19.6. The van der Waals surface area contributed by atoms with Gasteiger partial charge in [-0.05, 0) is 38.2 Å². The summed E-state index contributed by atoms with van der Waals surface area (Å²) in [7, 11) is 1.81. The largest absolute Gasteiger partial charge is 0.319 e. The van der Waals surface area contributed by atoms with Crippen LogP contribution in [-0.2, 0) is 4.79 Å². The number of thiazole rings is 1. The summed E-state index contributed by atoms with van der Waals surface area (Å²) in [6.07, 6.45) is 0. The molecule has 0 radical (unpaired) electrons. The molecule has 0 aliphatic carbocycles. The van der Waals surface area contributed by atoms with Gasteiger partial charge in [-0.15, -0.1) is 11.3 Å². The first-order chi connectivity index (χ1) is 12.8. The monoisotopic (exact) mass is 404 g/mol. The standard InChI is InChI=1S/C18H17ClN4O3S/c1-11(18-21-14-5-3-4-6-16(14)27-18)22(2)10-17(24)20-13-8-7-12(19)9-15(13)23(25)26/h3-9,11H,10H2,1-2H3,(H,20,24)/t11-/m1/s1. The van der Waals surface area contributed by atoms with Crippen LogP contribution in [0.5, 0.6) is 0 Å². The molecule has 0 unspecified atom stereocenters. The van der Waals surface area contributed by atoms with Crippen LogP contribution in [0.25, 0.3) is 10.2 Å². The topological polar surface area (TPSA) is 88.4 Å². The first-order valence-corrected chi connectivity index (χ1v) is 9.34. The van der Waals surface area contributed by atoms with Gasteiger partial charge in [0, 0.05) is 11.1 Å². The number of hydrogen-bond acceptors (Lipinski definition) is 6. The van der Waals surface area contributed by atoms with Crippen LogP contribution in [0.3, 0.4) is 0 Å². The van der Waals surface area contributed by atoms with Crippen molar-refractivity contribution in [2.24, 2.45) is 0 Å². The van der Waals surface area contributed by atoms with Gasteiger partial charge in [0.05, 0.1) is 27.7 Å². The minimum Gasteiger partial charge on any atom is -0.319 e. The number of nitrogens with zero attached hydrogens (tertiary/aromatic N) is 3. The number of benzene rings is 2. The van der Waals surface area contributed by atoms with Crippen molar-refractivity contribution < 1.29 is 9.72 Å². The number of para-hydroxylation sites is 1. The van der Waals surface area contributed by atoms with Crippen molar-refractivity contribution in [3.63, 3.8) is 0 Å². The molecule has 1 atom stereocenters. The van der Waals surface area contributed by atoms with E-state index in [2.05, 4.69) is 10.3 Å². The number of nitrogens with one attached hydrogen (secondary N) is 1. The van der Waals surface area contributed by atoms with Crippen LogP contribution < -0.4 is 5.32 Å². The number of carbonyl (C=O) groups excluding carboxylic acids is 1. The highest BCUT2D eigenvalue weighted by molar-refractivity contribution is 7.18. The van der Waals surface area contributed by atoms with Crippen LogP contribution in [0.4, 0.5) is 11.4 Å². The maximum atomic E-state index is 12.4. The second-order valence-electron chi connectivity index (χ2n) is 6.08. The van der Waals surface area contributed by atoms with Gasteiger partial charge in [-0.3, -0.25) is 19.8 Å². The molecule has 1 aromatic heterocycles. The van der Waals surface area contributed by atoms with E-state index in [9.17, 15) is 14.9 Å². The summed E-state index contributed by atoms with van der Waals surface area (Å²) in [5.74, 6) is -0.351. The zero-order valence-corrected chi connectivity index (χ0v) is 16.3. The van der Waals surface area contributed by atoms with Crippen LogP contribution in [-0.4, -0.2) is 34.3 Å². The van der Waals surface area contributed by atoms with Crippen LogP contribution in [0.15, 0.2) is 42.5 Å². The highest BCUT2D eigenvalue weighted by atomic mass is 35.5. The number of fused-ring (bicyclic) bond motifs is 1. The van der Waals surface area contributed by atoms with Gasteiger partial charge in [0.25, 0.3) is 5.69 Å². The van der Waals surface area contributed by atoms with Crippen molar-refractivity contribution in [2.75, 3.05) is 18.9 Å². The third-order valence-corrected chi connectivity index (χ3v) is 5.59. The highest BCUT2D eigenvalue weighted by Gasteiger charge is 2.21. The Morgan fingerprint density at radius 2 is 2.11 bits per heavy atom. The van der Waals surface area contributed by atoms with Crippen molar-refractivity contribution in [1.82, 2.24) is 9.88 Å².